The van der Waals surface area contributed by atoms with Crippen molar-refractivity contribution in [2.75, 3.05) is 17.7 Å². The molecule has 1 heterocycles. The summed E-state index contributed by atoms with van der Waals surface area (Å²) in [5.74, 6) is -1.03. The third kappa shape index (κ3) is 8.96. The summed E-state index contributed by atoms with van der Waals surface area (Å²) in [6, 6.07) is 25.1. The van der Waals surface area contributed by atoms with E-state index in [2.05, 4.69) is 20.9 Å². The number of carbonyl (C=O) groups is 3. The van der Waals surface area contributed by atoms with Crippen LogP contribution in [0.4, 0.5) is 10.8 Å². The van der Waals surface area contributed by atoms with Crippen LogP contribution in [0.2, 0.25) is 10.0 Å². The SMILES string of the molecule is COc1cc(O)ccc1/C=C(/NC(=O)c1ccccc1)C(=O)Nc1cccc(SC(C)C(=O)Nc2nc(-c3ccc(Cl)c(Cl)c3)cs2)c1. The Hall–Kier alpha value is -4.81. The number of aromatic hydroxyl groups is 1. The number of carbonyl (C=O) groups excluding carboxylic acids is 3. The molecule has 244 valence electrons. The highest BCUT2D eigenvalue weighted by Gasteiger charge is 2.19. The number of amides is 3. The minimum absolute atomic E-state index is 0.0137. The summed E-state index contributed by atoms with van der Waals surface area (Å²) >= 11 is 14.7. The number of phenols is 1. The van der Waals surface area contributed by atoms with E-state index in [4.69, 9.17) is 27.9 Å². The molecule has 48 heavy (non-hydrogen) atoms. The average molecular weight is 720 g/mol. The second-order valence-electron chi connectivity index (χ2n) is 10.2. The van der Waals surface area contributed by atoms with E-state index in [1.54, 1.807) is 79.7 Å². The van der Waals surface area contributed by atoms with Crippen LogP contribution in [0.25, 0.3) is 17.3 Å². The molecule has 4 aromatic carbocycles. The maximum Gasteiger partial charge on any atom is 0.272 e. The lowest BCUT2D eigenvalue weighted by atomic mass is 10.1. The van der Waals surface area contributed by atoms with E-state index < -0.39 is 17.1 Å². The van der Waals surface area contributed by atoms with E-state index in [0.717, 1.165) is 10.5 Å². The van der Waals surface area contributed by atoms with Crippen molar-refractivity contribution in [3.8, 4) is 22.8 Å². The van der Waals surface area contributed by atoms with Crippen LogP contribution in [-0.4, -0.2) is 40.2 Å². The summed E-state index contributed by atoms with van der Waals surface area (Å²) < 4.78 is 5.36. The fourth-order valence-electron chi connectivity index (χ4n) is 4.35. The van der Waals surface area contributed by atoms with Crippen LogP contribution in [0.5, 0.6) is 11.5 Å². The average Bonchev–Trinajstić information content (AvgIpc) is 3.55. The van der Waals surface area contributed by atoms with E-state index in [1.807, 2.05) is 11.4 Å². The topological polar surface area (TPSA) is 130 Å². The standard InChI is InChI=1S/C35H28Cl2N4O5S2/c1-20(32(43)41-35-40-30(19-47-35)22-12-14-27(36)28(37)15-22)48-26-10-6-9-24(17-26)38-34(45)29(39-33(44)21-7-4-3-5-8-21)16-23-11-13-25(42)18-31(23)46-2/h3-20,42H,1-2H3,(H,38,45)(H,39,44)(H,40,41,43)/b29-16+. The van der Waals surface area contributed by atoms with Crippen molar-refractivity contribution in [3.05, 3.63) is 123 Å². The van der Waals surface area contributed by atoms with Crippen LogP contribution in [0, 0.1) is 0 Å². The maximum atomic E-state index is 13.6. The number of nitrogens with one attached hydrogen (secondary N) is 3. The van der Waals surface area contributed by atoms with Gasteiger partial charge in [-0.15, -0.1) is 23.1 Å². The van der Waals surface area contributed by atoms with Crippen molar-refractivity contribution in [1.82, 2.24) is 10.3 Å². The second-order valence-corrected chi connectivity index (χ2v) is 13.3. The highest BCUT2D eigenvalue weighted by Crippen LogP contribution is 2.32. The van der Waals surface area contributed by atoms with Crippen molar-refractivity contribution < 1.29 is 24.2 Å². The fraction of sp³-hybridized carbons (Fsp3) is 0.0857. The van der Waals surface area contributed by atoms with Crippen LogP contribution in [0.3, 0.4) is 0 Å². The van der Waals surface area contributed by atoms with E-state index in [1.165, 1.54) is 48.4 Å². The monoisotopic (exact) mass is 718 g/mol. The number of phenolic OH excluding ortho intramolecular Hbond substituents is 1. The zero-order valence-electron chi connectivity index (χ0n) is 25.5. The van der Waals surface area contributed by atoms with Crippen LogP contribution < -0.4 is 20.7 Å². The molecule has 0 bridgehead atoms. The lowest BCUT2D eigenvalue weighted by Gasteiger charge is -2.14. The van der Waals surface area contributed by atoms with E-state index >= 15 is 0 Å². The summed E-state index contributed by atoms with van der Waals surface area (Å²) in [5, 5.41) is 20.9. The molecule has 0 saturated heterocycles. The highest BCUT2D eigenvalue weighted by atomic mass is 35.5. The van der Waals surface area contributed by atoms with Crippen molar-refractivity contribution >= 4 is 80.9 Å². The van der Waals surface area contributed by atoms with Crippen molar-refractivity contribution in [1.29, 1.82) is 0 Å². The van der Waals surface area contributed by atoms with Crippen LogP contribution >= 0.6 is 46.3 Å². The van der Waals surface area contributed by atoms with Crippen molar-refractivity contribution in [3.63, 3.8) is 0 Å². The lowest BCUT2D eigenvalue weighted by molar-refractivity contribution is -0.115. The molecule has 3 amide bonds. The van der Waals surface area contributed by atoms with Gasteiger partial charge in [-0.3, -0.25) is 14.4 Å². The molecule has 0 aliphatic rings. The van der Waals surface area contributed by atoms with Gasteiger partial charge in [-0.25, -0.2) is 4.98 Å². The first-order chi connectivity index (χ1) is 23.1. The number of thiazole rings is 1. The molecule has 5 rings (SSSR count). The summed E-state index contributed by atoms with van der Waals surface area (Å²) in [4.78, 5) is 44.8. The third-order valence-electron chi connectivity index (χ3n) is 6.77. The first-order valence-electron chi connectivity index (χ1n) is 14.3. The van der Waals surface area contributed by atoms with Gasteiger partial charge in [0.25, 0.3) is 11.8 Å². The van der Waals surface area contributed by atoms with Gasteiger partial charge in [0, 0.05) is 38.7 Å². The first kappa shape index (κ1) is 34.5. The van der Waals surface area contributed by atoms with Gasteiger partial charge < -0.3 is 25.8 Å². The van der Waals surface area contributed by atoms with Gasteiger partial charge in [-0.2, -0.15) is 0 Å². The second kappa shape index (κ2) is 15.9. The molecule has 13 heteroatoms. The van der Waals surface area contributed by atoms with Gasteiger partial charge >= 0.3 is 0 Å². The molecule has 5 aromatic rings. The Morgan fingerprint density at radius 3 is 2.48 bits per heavy atom. The molecule has 4 N–H and O–H groups in total. The molecule has 1 atom stereocenters. The van der Waals surface area contributed by atoms with Crippen LogP contribution in [-0.2, 0) is 9.59 Å². The number of methoxy groups -OCH3 is 1. The molecule has 9 nitrogen and oxygen atoms in total. The number of thioether (sulfide) groups is 1. The van der Waals surface area contributed by atoms with Crippen molar-refractivity contribution in [2.45, 2.75) is 17.1 Å². The van der Waals surface area contributed by atoms with Gasteiger partial charge in [0.15, 0.2) is 5.13 Å². The maximum absolute atomic E-state index is 13.6. The van der Waals surface area contributed by atoms with Gasteiger partial charge in [0.05, 0.1) is 28.1 Å². The molecule has 1 aromatic heterocycles. The largest absolute Gasteiger partial charge is 0.508 e. The van der Waals surface area contributed by atoms with Crippen LogP contribution in [0.15, 0.2) is 107 Å². The number of rotatable bonds is 11. The summed E-state index contributed by atoms with van der Waals surface area (Å²) in [6.45, 7) is 1.77. The minimum atomic E-state index is -0.594. The Kier molecular flexibility index (Phi) is 11.4. The van der Waals surface area contributed by atoms with Gasteiger partial charge in [-0.1, -0.05) is 53.5 Å². The predicted octanol–water partition coefficient (Wildman–Crippen LogP) is 8.36. The number of hydrogen-bond acceptors (Lipinski definition) is 8. The van der Waals surface area contributed by atoms with Gasteiger partial charge in [0.2, 0.25) is 5.91 Å². The van der Waals surface area contributed by atoms with E-state index in [-0.39, 0.29) is 17.4 Å². The number of halogens is 2. The Morgan fingerprint density at radius 2 is 1.73 bits per heavy atom. The smallest absolute Gasteiger partial charge is 0.272 e. The van der Waals surface area contributed by atoms with E-state index in [9.17, 15) is 19.5 Å². The Bertz CT molecular complexity index is 2000. The molecule has 1 unspecified atom stereocenters. The normalized spacial score (nSPS) is 11.8. The number of hydrogen-bond donors (Lipinski definition) is 4. The molecule has 0 aliphatic heterocycles. The Balaban J connectivity index is 1.28. The zero-order chi connectivity index (χ0) is 34.2. The number of benzene rings is 4. The minimum Gasteiger partial charge on any atom is -0.508 e. The Labute approximate surface area is 295 Å². The molecular weight excluding hydrogens is 691 g/mol. The third-order valence-corrected chi connectivity index (χ3v) is 9.36. The molecule has 0 aliphatic carbocycles. The summed E-state index contributed by atoms with van der Waals surface area (Å²) in [5.41, 5.74) is 2.66. The number of aromatic nitrogens is 1. The fourth-order valence-corrected chi connectivity index (χ4v) is 6.29. The molecule has 0 spiro atoms. The molecule has 0 radical (unpaired) electrons. The molecule has 0 saturated carbocycles. The summed E-state index contributed by atoms with van der Waals surface area (Å²) in [7, 11) is 1.44. The van der Waals surface area contributed by atoms with E-state index in [0.29, 0.717) is 43.4 Å². The quantitative estimate of drug-likeness (QED) is 0.0798. The zero-order valence-corrected chi connectivity index (χ0v) is 28.6. The first-order valence-corrected chi connectivity index (χ1v) is 16.9. The Morgan fingerprint density at radius 1 is 0.938 bits per heavy atom. The van der Waals surface area contributed by atoms with Crippen LogP contribution in [0.1, 0.15) is 22.8 Å². The lowest BCUT2D eigenvalue weighted by Crippen LogP contribution is -2.30. The molecular formula is C35H28Cl2N4O5S2. The van der Waals surface area contributed by atoms with Gasteiger partial charge in [0.1, 0.15) is 17.2 Å². The van der Waals surface area contributed by atoms with Gasteiger partial charge in [-0.05, 0) is 67.6 Å². The van der Waals surface area contributed by atoms with Crippen molar-refractivity contribution in [2.24, 2.45) is 0 Å². The number of nitrogens with zero attached hydrogens (tertiary/aromatic N) is 1. The molecule has 0 fully saturated rings. The number of ether oxygens (including phenoxy) is 1. The summed E-state index contributed by atoms with van der Waals surface area (Å²) in [6.07, 6.45) is 1.46. The highest BCUT2D eigenvalue weighted by molar-refractivity contribution is 8.00. The predicted molar refractivity (Wildman–Crippen MR) is 193 cm³/mol. The number of anilines is 2.